The van der Waals surface area contributed by atoms with Gasteiger partial charge in [-0.2, -0.15) is 0 Å². The Bertz CT molecular complexity index is 876. The van der Waals surface area contributed by atoms with Gasteiger partial charge in [0.25, 0.3) is 0 Å². The quantitative estimate of drug-likeness (QED) is 0.683. The normalized spacial score (nSPS) is 16.2. The highest BCUT2D eigenvalue weighted by Crippen LogP contribution is 2.32. The molecule has 1 unspecified atom stereocenters. The predicted octanol–water partition coefficient (Wildman–Crippen LogP) is 5.32. The largest absolute Gasteiger partial charge is 0.508 e. The van der Waals surface area contributed by atoms with Gasteiger partial charge in [0.1, 0.15) is 5.75 Å². The van der Waals surface area contributed by atoms with Gasteiger partial charge in [0, 0.05) is 17.1 Å². The second-order valence-corrected chi connectivity index (χ2v) is 7.55. The molecule has 6 heteroatoms. The lowest BCUT2D eigenvalue weighted by atomic mass is 9.99. The van der Waals surface area contributed by atoms with Crippen LogP contribution in [0, 0.1) is 6.92 Å². The van der Waals surface area contributed by atoms with Crippen LogP contribution in [0.25, 0.3) is 0 Å². The monoisotopic (exact) mass is 386 g/mol. The van der Waals surface area contributed by atoms with Crippen LogP contribution in [0.2, 0.25) is 5.02 Å². The molecule has 3 rings (SSSR count). The number of amides is 1. The molecule has 0 saturated heterocycles. The molecule has 0 fully saturated rings. The third-order valence-electron chi connectivity index (χ3n) is 4.61. The van der Waals surface area contributed by atoms with Gasteiger partial charge in [0.2, 0.25) is 5.91 Å². The number of phenolic OH excluding ortho intramolecular Hbond substituents is 1. The maximum Gasteiger partial charge on any atom is 0.230 e. The summed E-state index contributed by atoms with van der Waals surface area (Å²) in [6, 6.07) is 10.9. The van der Waals surface area contributed by atoms with Crippen molar-refractivity contribution in [2.45, 2.75) is 45.6 Å². The first-order valence-corrected chi connectivity index (χ1v) is 9.31. The summed E-state index contributed by atoms with van der Waals surface area (Å²) < 4.78 is 0. The zero-order valence-electron chi connectivity index (χ0n) is 15.6. The zero-order valence-corrected chi connectivity index (χ0v) is 16.4. The number of rotatable bonds is 5. The van der Waals surface area contributed by atoms with Crippen LogP contribution in [0.4, 0.5) is 5.69 Å². The third-order valence-corrected chi connectivity index (χ3v) is 4.86. The zero-order chi connectivity index (χ0) is 19.6. The predicted molar refractivity (Wildman–Crippen MR) is 108 cm³/mol. The molecule has 2 aromatic rings. The van der Waals surface area contributed by atoms with E-state index in [-0.39, 0.29) is 30.1 Å². The summed E-state index contributed by atoms with van der Waals surface area (Å²) in [4.78, 5) is 17.9. The van der Waals surface area contributed by atoms with Crippen LogP contribution < -0.4 is 5.32 Å². The van der Waals surface area contributed by atoms with Crippen molar-refractivity contribution >= 4 is 28.9 Å². The van der Waals surface area contributed by atoms with E-state index in [2.05, 4.69) is 10.5 Å². The fraction of sp³-hybridized carbons (Fsp3) is 0.333. The van der Waals surface area contributed by atoms with Crippen molar-refractivity contribution in [3.8, 4) is 5.75 Å². The molecule has 5 nitrogen and oxygen atoms in total. The molecule has 1 aliphatic heterocycles. The van der Waals surface area contributed by atoms with Crippen molar-refractivity contribution in [2.75, 3.05) is 5.32 Å². The number of aryl methyl sites for hydroxylation is 1. The lowest BCUT2D eigenvalue weighted by molar-refractivity contribution is -0.115. The van der Waals surface area contributed by atoms with Crippen LogP contribution in [0.15, 0.2) is 41.6 Å². The molecule has 1 atom stereocenters. The van der Waals surface area contributed by atoms with Crippen molar-refractivity contribution in [1.29, 1.82) is 0 Å². The van der Waals surface area contributed by atoms with Crippen molar-refractivity contribution in [1.82, 2.24) is 0 Å². The molecule has 142 valence electrons. The van der Waals surface area contributed by atoms with Crippen LogP contribution in [0.5, 0.6) is 5.75 Å². The molecule has 0 bridgehead atoms. The van der Waals surface area contributed by atoms with Crippen LogP contribution >= 0.6 is 11.6 Å². The number of carbonyl (C=O) groups is 1. The van der Waals surface area contributed by atoms with Gasteiger partial charge in [0.15, 0.2) is 6.10 Å². The number of carbonyl (C=O) groups excluding carboxylic acids is 1. The molecule has 0 aromatic heterocycles. The number of aromatic hydroxyl groups is 1. The van der Waals surface area contributed by atoms with Crippen LogP contribution in [-0.4, -0.2) is 16.7 Å². The first-order valence-electron chi connectivity index (χ1n) is 8.94. The molecule has 2 N–H and O–H groups in total. The van der Waals surface area contributed by atoms with E-state index in [1.165, 1.54) is 0 Å². The molecule has 1 heterocycles. The first kappa shape index (κ1) is 19.2. The van der Waals surface area contributed by atoms with Gasteiger partial charge < -0.3 is 15.3 Å². The Morgan fingerprint density at radius 1 is 1.33 bits per heavy atom. The summed E-state index contributed by atoms with van der Waals surface area (Å²) >= 11 is 5.91. The van der Waals surface area contributed by atoms with Gasteiger partial charge in [-0.25, -0.2) is 0 Å². The first-order chi connectivity index (χ1) is 12.8. The van der Waals surface area contributed by atoms with Gasteiger partial charge >= 0.3 is 0 Å². The Morgan fingerprint density at radius 3 is 2.70 bits per heavy atom. The molecular weight excluding hydrogens is 364 g/mol. The number of hydrogen-bond donors (Lipinski definition) is 2. The standard InChI is InChI=1S/C21H23ClN2O3/c1-12(2)17-11-18(13(3)8-19(17)25)23-21(26)10-16-9-20(27-24-16)14-4-6-15(22)7-5-14/h4-8,11-12,20,25H,9-10H2,1-3H3,(H,23,26). The van der Waals surface area contributed by atoms with E-state index in [0.29, 0.717) is 22.8 Å². The molecule has 0 aliphatic carbocycles. The van der Waals surface area contributed by atoms with Gasteiger partial charge in [-0.1, -0.05) is 42.7 Å². The number of anilines is 1. The maximum atomic E-state index is 12.4. The fourth-order valence-corrected chi connectivity index (χ4v) is 3.20. The van der Waals surface area contributed by atoms with E-state index in [0.717, 1.165) is 16.7 Å². The average Bonchev–Trinajstić information content (AvgIpc) is 3.06. The number of halogens is 1. The Labute approximate surface area is 164 Å². The van der Waals surface area contributed by atoms with E-state index in [9.17, 15) is 9.90 Å². The Hall–Kier alpha value is -2.53. The van der Waals surface area contributed by atoms with E-state index in [1.54, 1.807) is 6.07 Å². The summed E-state index contributed by atoms with van der Waals surface area (Å²) in [5, 5.41) is 17.7. The molecular formula is C21H23ClN2O3. The average molecular weight is 387 g/mol. The molecule has 2 aromatic carbocycles. The van der Waals surface area contributed by atoms with Crippen molar-refractivity contribution in [3.05, 3.63) is 58.1 Å². The van der Waals surface area contributed by atoms with Gasteiger partial charge in [0.05, 0.1) is 12.1 Å². The third kappa shape index (κ3) is 4.61. The molecule has 0 spiro atoms. The molecule has 27 heavy (non-hydrogen) atoms. The van der Waals surface area contributed by atoms with Crippen LogP contribution in [0.1, 0.15) is 55.4 Å². The second kappa shape index (κ2) is 8.01. The minimum absolute atomic E-state index is 0.155. The number of hydrogen-bond acceptors (Lipinski definition) is 4. The summed E-state index contributed by atoms with van der Waals surface area (Å²) in [5.74, 6) is 0.256. The molecule has 0 saturated carbocycles. The van der Waals surface area contributed by atoms with Crippen LogP contribution in [-0.2, 0) is 9.63 Å². The summed E-state index contributed by atoms with van der Waals surface area (Å²) in [6.07, 6.45) is 0.551. The van der Waals surface area contributed by atoms with Crippen molar-refractivity contribution in [2.24, 2.45) is 5.16 Å². The van der Waals surface area contributed by atoms with E-state index >= 15 is 0 Å². The minimum atomic E-state index is -0.187. The highest BCUT2D eigenvalue weighted by molar-refractivity contribution is 6.30. The Balaban J connectivity index is 1.62. The number of oxime groups is 1. The minimum Gasteiger partial charge on any atom is -0.508 e. The highest BCUT2D eigenvalue weighted by Gasteiger charge is 2.24. The van der Waals surface area contributed by atoms with Crippen LogP contribution in [0.3, 0.4) is 0 Å². The number of benzene rings is 2. The molecule has 1 amide bonds. The summed E-state index contributed by atoms with van der Waals surface area (Å²) in [7, 11) is 0. The lowest BCUT2D eigenvalue weighted by Crippen LogP contribution is -2.17. The maximum absolute atomic E-state index is 12.4. The summed E-state index contributed by atoms with van der Waals surface area (Å²) in [5.41, 5.74) is 4.01. The molecule has 0 radical (unpaired) electrons. The Kier molecular flexibility index (Phi) is 5.71. The van der Waals surface area contributed by atoms with Crippen molar-refractivity contribution < 1.29 is 14.7 Å². The van der Waals surface area contributed by atoms with Gasteiger partial charge in [-0.15, -0.1) is 0 Å². The number of phenols is 1. The van der Waals surface area contributed by atoms with Gasteiger partial charge in [-0.05, 0) is 53.8 Å². The smallest absolute Gasteiger partial charge is 0.230 e. The second-order valence-electron chi connectivity index (χ2n) is 7.11. The highest BCUT2D eigenvalue weighted by atomic mass is 35.5. The number of nitrogens with zero attached hydrogens (tertiary/aromatic N) is 1. The van der Waals surface area contributed by atoms with Crippen molar-refractivity contribution in [3.63, 3.8) is 0 Å². The van der Waals surface area contributed by atoms with E-state index < -0.39 is 0 Å². The van der Waals surface area contributed by atoms with Gasteiger partial charge in [-0.3, -0.25) is 4.79 Å². The van der Waals surface area contributed by atoms with E-state index in [1.807, 2.05) is 51.1 Å². The SMILES string of the molecule is Cc1cc(O)c(C(C)C)cc1NC(=O)CC1=NOC(c2ccc(Cl)cc2)C1. The van der Waals surface area contributed by atoms with E-state index in [4.69, 9.17) is 16.4 Å². The lowest BCUT2D eigenvalue weighted by Gasteiger charge is -2.14. The topological polar surface area (TPSA) is 70.9 Å². The molecule has 1 aliphatic rings. The fourth-order valence-electron chi connectivity index (χ4n) is 3.07. The number of nitrogens with one attached hydrogen (secondary N) is 1. The Morgan fingerprint density at radius 2 is 2.04 bits per heavy atom. The summed E-state index contributed by atoms with van der Waals surface area (Å²) in [6.45, 7) is 5.85.